The molecule has 1 amide bonds. The number of ether oxygens (including phenoxy) is 1. The van der Waals surface area contributed by atoms with Crippen molar-refractivity contribution in [3.63, 3.8) is 0 Å². The zero-order valence-electron chi connectivity index (χ0n) is 18.1. The second-order valence-corrected chi connectivity index (χ2v) is 9.54. The Hall–Kier alpha value is -4.16. The monoisotopic (exact) mass is 511 g/mol. The van der Waals surface area contributed by atoms with Gasteiger partial charge in [-0.25, -0.2) is 4.99 Å². The van der Waals surface area contributed by atoms with Gasteiger partial charge >= 0.3 is 10.1 Å². The summed E-state index contributed by atoms with van der Waals surface area (Å²) in [5, 5.41) is 14.3. The van der Waals surface area contributed by atoms with E-state index in [1.54, 1.807) is 18.2 Å². The van der Waals surface area contributed by atoms with Crippen LogP contribution in [0.25, 0.3) is 6.08 Å². The number of hydrogen-bond acceptors (Lipinski definition) is 9. The molecule has 0 aliphatic carbocycles. The first-order valence-corrected chi connectivity index (χ1v) is 12.2. The molecule has 0 saturated carbocycles. The fourth-order valence-electron chi connectivity index (χ4n) is 3.08. The average molecular weight is 512 g/mol. The molecule has 12 heteroatoms. The predicted molar refractivity (Wildman–Crippen MR) is 131 cm³/mol. The van der Waals surface area contributed by atoms with Gasteiger partial charge in [0.05, 0.1) is 22.6 Å². The zero-order chi connectivity index (χ0) is 25.0. The van der Waals surface area contributed by atoms with Crippen molar-refractivity contribution in [3.8, 4) is 11.5 Å². The number of nitrogens with zero attached hydrogens (tertiary/aromatic N) is 2. The highest BCUT2D eigenvalue weighted by atomic mass is 32.2. The maximum absolute atomic E-state index is 12.8. The van der Waals surface area contributed by atoms with Gasteiger partial charge in [-0.15, -0.1) is 0 Å². The number of aliphatic imine (C=N–C) groups is 1. The lowest BCUT2D eigenvalue weighted by Gasteiger charge is -2.11. The number of amides is 1. The molecule has 1 aliphatic heterocycles. The Morgan fingerprint density at radius 1 is 1.03 bits per heavy atom. The molecule has 0 aromatic heterocycles. The van der Waals surface area contributed by atoms with Gasteiger partial charge in [0.2, 0.25) is 0 Å². The third-order valence-corrected chi connectivity index (χ3v) is 6.85. The van der Waals surface area contributed by atoms with Gasteiger partial charge in [0, 0.05) is 6.07 Å². The molecular weight excluding hydrogens is 494 g/mol. The van der Waals surface area contributed by atoms with Gasteiger partial charge in [-0.3, -0.25) is 14.9 Å². The van der Waals surface area contributed by atoms with Crippen molar-refractivity contribution in [2.24, 2.45) is 4.99 Å². The SMILES string of the molecule is COc1ccc(/C=C2\SC(=Nc3ccccc3)NC2=O)cc1OS(=O)(=O)c1ccccc1[N+](=O)[O-]. The summed E-state index contributed by atoms with van der Waals surface area (Å²) in [7, 11) is -3.24. The van der Waals surface area contributed by atoms with Gasteiger partial charge in [-0.1, -0.05) is 36.4 Å². The first kappa shape index (κ1) is 24.0. The lowest BCUT2D eigenvalue weighted by molar-refractivity contribution is -0.387. The van der Waals surface area contributed by atoms with Gasteiger partial charge in [0.15, 0.2) is 21.6 Å². The van der Waals surface area contributed by atoms with Crippen molar-refractivity contribution in [2.45, 2.75) is 4.90 Å². The Morgan fingerprint density at radius 3 is 2.46 bits per heavy atom. The van der Waals surface area contributed by atoms with Gasteiger partial charge in [0.1, 0.15) is 0 Å². The lowest BCUT2D eigenvalue weighted by atomic mass is 10.2. The molecule has 10 nitrogen and oxygen atoms in total. The van der Waals surface area contributed by atoms with Crippen LogP contribution in [0.2, 0.25) is 0 Å². The van der Waals surface area contributed by atoms with Crippen molar-refractivity contribution >= 4 is 50.4 Å². The van der Waals surface area contributed by atoms with Gasteiger partial charge in [-0.05, 0) is 53.7 Å². The van der Waals surface area contributed by atoms with E-state index >= 15 is 0 Å². The summed E-state index contributed by atoms with van der Waals surface area (Å²) in [6, 6.07) is 18.4. The number of nitrogens with one attached hydrogen (secondary N) is 1. The number of rotatable bonds is 7. The van der Waals surface area contributed by atoms with Crippen LogP contribution in [0.15, 0.2) is 87.6 Å². The van der Waals surface area contributed by atoms with Crippen LogP contribution < -0.4 is 14.2 Å². The van der Waals surface area contributed by atoms with E-state index in [0.29, 0.717) is 21.3 Å². The second kappa shape index (κ2) is 9.99. The summed E-state index contributed by atoms with van der Waals surface area (Å²) >= 11 is 1.12. The molecule has 3 aromatic rings. The van der Waals surface area contributed by atoms with Crippen molar-refractivity contribution < 1.29 is 27.1 Å². The van der Waals surface area contributed by atoms with Crippen LogP contribution in [-0.2, 0) is 14.9 Å². The number of carbonyl (C=O) groups excluding carboxylic acids is 1. The number of para-hydroxylation sites is 2. The van der Waals surface area contributed by atoms with Gasteiger partial charge in [0.25, 0.3) is 11.6 Å². The van der Waals surface area contributed by atoms with Crippen LogP contribution in [0, 0.1) is 10.1 Å². The summed E-state index contributed by atoms with van der Waals surface area (Å²) in [5.41, 5.74) is 0.503. The molecule has 3 aromatic carbocycles. The largest absolute Gasteiger partial charge is 0.493 e. The minimum absolute atomic E-state index is 0.0872. The highest BCUT2D eigenvalue weighted by Gasteiger charge is 2.29. The van der Waals surface area contributed by atoms with E-state index in [4.69, 9.17) is 8.92 Å². The van der Waals surface area contributed by atoms with E-state index in [9.17, 15) is 23.3 Å². The molecule has 0 spiro atoms. The fourth-order valence-corrected chi connectivity index (χ4v) is 5.02. The van der Waals surface area contributed by atoms with E-state index in [-0.39, 0.29) is 17.4 Å². The summed E-state index contributed by atoms with van der Waals surface area (Å²) < 4.78 is 36.1. The molecule has 0 radical (unpaired) electrons. The van der Waals surface area contributed by atoms with Crippen LogP contribution in [0.3, 0.4) is 0 Å². The molecule has 0 bridgehead atoms. The van der Waals surface area contributed by atoms with E-state index in [1.807, 2.05) is 18.2 Å². The highest BCUT2D eigenvalue weighted by molar-refractivity contribution is 8.18. The Kier molecular flexibility index (Phi) is 6.85. The number of nitro groups is 1. The molecule has 0 atom stereocenters. The number of hydrogen-bond donors (Lipinski definition) is 1. The van der Waals surface area contributed by atoms with Gasteiger partial charge < -0.3 is 14.2 Å². The van der Waals surface area contributed by atoms with Crippen molar-refractivity contribution in [1.82, 2.24) is 5.32 Å². The van der Waals surface area contributed by atoms with E-state index < -0.39 is 25.6 Å². The lowest BCUT2D eigenvalue weighted by Crippen LogP contribution is -2.19. The van der Waals surface area contributed by atoms with Crippen molar-refractivity contribution in [2.75, 3.05) is 7.11 Å². The molecule has 1 aliphatic rings. The zero-order valence-corrected chi connectivity index (χ0v) is 19.7. The minimum Gasteiger partial charge on any atom is -0.493 e. The van der Waals surface area contributed by atoms with Gasteiger partial charge in [-0.2, -0.15) is 8.42 Å². The Morgan fingerprint density at radius 2 is 1.74 bits per heavy atom. The number of nitro benzene ring substituents is 1. The Bertz CT molecular complexity index is 1470. The standard InChI is InChI=1S/C23H17N3O7S2/c1-32-18-12-11-15(14-20-22(27)25-23(34-20)24-16-7-3-2-4-8-16)13-19(18)33-35(30,31)21-10-6-5-9-17(21)26(28)29/h2-14H,1H3,(H,24,25,27)/b20-14-. The minimum atomic E-state index is -4.57. The topological polar surface area (TPSA) is 137 Å². The fraction of sp³-hybridized carbons (Fsp3) is 0.0435. The molecule has 178 valence electrons. The smallest absolute Gasteiger partial charge is 0.346 e. The maximum Gasteiger partial charge on any atom is 0.346 e. The molecule has 0 unspecified atom stereocenters. The molecule has 1 N–H and O–H groups in total. The molecule has 1 heterocycles. The summed E-state index contributed by atoms with van der Waals surface area (Å²) in [6.45, 7) is 0. The second-order valence-electron chi connectivity index (χ2n) is 6.99. The predicted octanol–water partition coefficient (Wildman–Crippen LogP) is 4.26. The summed E-state index contributed by atoms with van der Waals surface area (Å²) in [6.07, 6.45) is 1.54. The molecule has 1 fully saturated rings. The third-order valence-electron chi connectivity index (χ3n) is 4.65. The first-order valence-electron chi connectivity index (χ1n) is 9.97. The number of thioether (sulfide) groups is 1. The number of amidine groups is 1. The van der Waals surface area contributed by atoms with Crippen LogP contribution in [0.4, 0.5) is 11.4 Å². The highest BCUT2D eigenvalue weighted by Crippen LogP contribution is 2.35. The number of methoxy groups -OCH3 is 1. The van der Waals surface area contributed by atoms with Crippen LogP contribution in [-0.4, -0.2) is 31.5 Å². The van der Waals surface area contributed by atoms with Crippen LogP contribution in [0.1, 0.15) is 5.56 Å². The first-order chi connectivity index (χ1) is 16.8. The molecular formula is C23H17N3O7S2. The summed E-state index contributed by atoms with van der Waals surface area (Å²) in [5.74, 6) is -0.471. The number of carbonyl (C=O) groups is 1. The summed E-state index contributed by atoms with van der Waals surface area (Å²) in [4.78, 5) is 27.0. The molecule has 1 saturated heterocycles. The van der Waals surface area contributed by atoms with Crippen molar-refractivity contribution in [1.29, 1.82) is 0 Å². The van der Waals surface area contributed by atoms with E-state index in [2.05, 4.69) is 10.3 Å². The van der Waals surface area contributed by atoms with Crippen molar-refractivity contribution in [3.05, 3.63) is 93.4 Å². The van der Waals surface area contributed by atoms with Crippen LogP contribution >= 0.6 is 11.8 Å². The third kappa shape index (κ3) is 5.50. The Balaban J connectivity index is 1.64. The molecule has 35 heavy (non-hydrogen) atoms. The Labute approximate surface area is 204 Å². The quantitative estimate of drug-likeness (QED) is 0.215. The van der Waals surface area contributed by atoms with Crippen LogP contribution in [0.5, 0.6) is 11.5 Å². The van der Waals surface area contributed by atoms with E-state index in [0.717, 1.165) is 23.9 Å². The van der Waals surface area contributed by atoms with E-state index in [1.165, 1.54) is 37.5 Å². The number of benzene rings is 3. The maximum atomic E-state index is 12.8. The normalized spacial score (nSPS) is 15.7. The average Bonchev–Trinajstić information content (AvgIpc) is 3.18. The molecule has 4 rings (SSSR count).